The molecule has 0 spiro atoms. The van der Waals surface area contributed by atoms with Crippen molar-refractivity contribution in [3.05, 3.63) is 63.5 Å². The molecule has 0 saturated carbocycles. The molecule has 3 aromatic rings. The molecule has 0 fully saturated rings. The lowest BCUT2D eigenvalue weighted by Gasteiger charge is -2.15. The van der Waals surface area contributed by atoms with E-state index >= 15 is 0 Å². The fourth-order valence-corrected chi connectivity index (χ4v) is 3.19. The topological polar surface area (TPSA) is 77.1 Å². The van der Waals surface area contributed by atoms with Crippen molar-refractivity contribution in [1.29, 1.82) is 0 Å². The largest absolute Gasteiger partial charge is 0.469 e. The molecular formula is C21H25N3O3. The van der Waals surface area contributed by atoms with Crippen molar-refractivity contribution in [3.63, 3.8) is 0 Å². The van der Waals surface area contributed by atoms with Gasteiger partial charge in [-0.05, 0) is 63.1 Å². The van der Waals surface area contributed by atoms with Gasteiger partial charge in [0.15, 0.2) is 0 Å². The normalized spacial score (nSPS) is 12.3. The van der Waals surface area contributed by atoms with E-state index in [1.54, 1.807) is 17.8 Å². The lowest BCUT2D eigenvalue weighted by Crippen LogP contribution is -2.35. The first-order valence-corrected chi connectivity index (χ1v) is 9.15. The van der Waals surface area contributed by atoms with Crippen LogP contribution in [-0.4, -0.2) is 21.5 Å². The Morgan fingerprint density at radius 1 is 1.26 bits per heavy atom. The highest BCUT2D eigenvalue weighted by molar-refractivity contribution is 5.78. The molecule has 3 rings (SSSR count). The summed E-state index contributed by atoms with van der Waals surface area (Å²) < 4.78 is 6.96. The van der Waals surface area contributed by atoms with E-state index in [9.17, 15) is 9.59 Å². The molecule has 1 atom stereocenters. The van der Waals surface area contributed by atoms with Crippen LogP contribution in [0.25, 0.3) is 11.0 Å². The second-order valence-electron chi connectivity index (χ2n) is 7.08. The molecule has 0 saturated heterocycles. The average molecular weight is 367 g/mol. The maximum absolute atomic E-state index is 12.6. The number of hydrogen-bond acceptors (Lipinski definition) is 4. The number of fused-ring (bicyclic) bond motifs is 1. The number of aryl methyl sites for hydroxylation is 4. The summed E-state index contributed by atoms with van der Waals surface area (Å²) in [7, 11) is 0. The predicted octanol–water partition coefficient (Wildman–Crippen LogP) is 3.05. The molecule has 0 aliphatic carbocycles. The van der Waals surface area contributed by atoms with Crippen LogP contribution in [0.3, 0.4) is 0 Å². The second-order valence-corrected chi connectivity index (χ2v) is 7.08. The quantitative estimate of drug-likeness (QED) is 0.726. The maximum atomic E-state index is 12.6. The van der Waals surface area contributed by atoms with Gasteiger partial charge < -0.3 is 14.3 Å². The number of nitrogens with one attached hydrogen (secondary N) is 1. The Balaban J connectivity index is 1.74. The highest BCUT2D eigenvalue weighted by Crippen LogP contribution is 2.17. The summed E-state index contributed by atoms with van der Waals surface area (Å²) in [5.41, 5.74) is 4.06. The molecule has 0 aliphatic rings. The highest BCUT2D eigenvalue weighted by atomic mass is 16.3. The molecule has 6 heteroatoms. The van der Waals surface area contributed by atoms with Crippen molar-refractivity contribution in [3.8, 4) is 0 Å². The van der Waals surface area contributed by atoms with E-state index < -0.39 is 0 Å². The van der Waals surface area contributed by atoms with Gasteiger partial charge in [-0.3, -0.25) is 9.59 Å². The number of hydrogen-bond donors (Lipinski definition) is 1. The minimum absolute atomic E-state index is 0.0406. The second kappa shape index (κ2) is 7.78. The zero-order valence-electron chi connectivity index (χ0n) is 16.2. The summed E-state index contributed by atoms with van der Waals surface area (Å²) >= 11 is 0. The van der Waals surface area contributed by atoms with E-state index in [0.29, 0.717) is 18.7 Å². The molecule has 2 heterocycles. The monoisotopic (exact) mass is 367 g/mol. The number of rotatable bonds is 6. The molecule has 1 amide bonds. The van der Waals surface area contributed by atoms with Crippen molar-refractivity contribution in [2.45, 2.75) is 53.1 Å². The third kappa shape index (κ3) is 4.27. The maximum Gasteiger partial charge on any atom is 0.272 e. The fourth-order valence-electron chi connectivity index (χ4n) is 3.19. The number of benzene rings is 1. The summed E-state index contributed by atoms with van der Waals surface area (Å²) in [6.45, 7) is 7.99. The van der Waals surface area contributed by atoms with Crippen LogP contribution < -0.4 is 10.9 Å². The molecule has 0 radical (unpaired) electrons. The number of nitrogens with zero attached hydrogens (tertiary/aromatic N) is 2. The van der Waals surface area contributed by atoms with Crippen LogP contribution in [0.15, 0.2) is 39.7 Å². The summed E-state index contributed by atoms with van der Waals surface area (Å²) in [6, 6.07) is 7.63. The van der Waals surface area contributed by atoms with Crippen LogP contribution in [0.4, 0.5) is 0 Å². The van der Waals surface area contributed by atoms with E-state index in [-0.39, 0.29) is 23.9 Å². The van der Waals surface area contributed by atoms with Gasteiger partial charge in [-0.1, -0.05) is 0 Å². The number of aromatic nitrogens is 2. The molecule has 2 aromatic heterocycles. The van der Waals surface area contributed by atoms with Crippen LogP contribution in [0.2, 0.25) is 0 Å². The third-order valence-electron chi connectivity index (χ3n) is 4.78. The van der Waals surface area contributed by atoms with Gasteiger partial charge >= 0.3 is 0 Å². The van der Waals surface area contributed by atoms with Crippen LogP contribution in [0.1, 0.15) is 35.9 Å². The highest BCUT2D eigenvalue weighted by Gasteiger charge is 2.13. The molecule has 142 valence electrons. The zero-order chi connectivity index (χ0) is 19.6. The molecule has 6 nitrogen and oxygen atoms in total. The fraction of sp³-hybridized carbons (Fsp3) is 0.381. The van der Waals surface area contributed by atoms with Gasteiger partial charge in [-0.15, -0.1) is 0 Å². The number of furan rings is 1. The zero-order valence-corrected chi connectivity index (χ0v) is 16.2. The number of carbonyl (C=O) groups is 1. The van der Waals surface area contributed by atoms with E-state index in [0.717, 1.165) is 27.9 Å². The first-order valence-electron chi connectivity index (χ1n) is 9.15. The van der Waals surface area contributed by atoms with Gasteiger partial charge in [0.05, 0.1) is 17.3 Å². The van der Waals surface area contributed by atoms with Gasteiger partial charge in [0.25, 0.3) is 5.56 Å². The molecule has 0 bridgehead atoms. The Morgan fingerprint density at radius 3 is 2.70 bits per heavy atom. The molecule has 1 aromatic carbocycles. The van der Waals surface area contributed by atoms with E-state index in [4.69, 9.17) is 4.42 Å². The van der Waals surface area contributed by atoms with Crippen LogP contribution in [0, 0.1) is 20.8 Å². The summed E-state index contributed by atoms with van der Waals surface area (Å²) in [6.07, 6.45) is 2.49. The first kappa shape index (κ1) is 18.9. The lowest BCUT2D eigenvalue weighted by molar-refractivity contribution is -0.121. The summed E-state index contributed by atoms with van der Waals surface area (Å²) in [5, 5.41) is 2.96. The van der Waals surface area contributed by atoms with Crippen molar-refractivity contribution in [2.24, 2.45) is 0 Å². The van der Waals surface area contributed by atoms with Gasteiger partial charge in [0, 0.05) is 25.4 Å². The Hall–Kier alpha value is -2.89. The Morgan fingerprint density at radius 2 is 2.00 bits per heavy atom. The van der Waals surface area contributed by atoms with Crippen LogP contribution >= 0.6 is 0 Å². The third-order valence-corrected chi connectivity index (χ3v) is 4.78. The Bertz CT molecular complexity index is 1020. The van der Waals surface area contributed by atoms with Gasteiger partial charge in [0.1, 0.15) is 11.5 Å². The lowest BCUT2D eigenvalue weighted by atomic mass is 10.1. The Kier molecular flexibility index (Phi) is 5.44. The minimum atomic E-state index is -0.151. The first-order chi connectivity index (χ1) is 12.8. The van der Waals surface area contributed by atoms with Crippen molar-refractivity contribution in [2.75, 3.05) is 0 Å². The van der Waals surface area contributed by atoms with E-state index in [1.165, 1.54) is 0 Å². The van der Waals surface area contributed by atoms with E-state index in [1.807, 2.05) is 45.0 Å². The molecule has 0 unspecified atom stereocenters. The van der Waals surface area contributed by atoms with E-state index in [2.05, 4.69) is 10.3 Å². The van der Waals surface area contributed by atoms with Gasteiger partial charge in [-0.25, -0.2) is 4.98 Å². The number of amides is 1. The summed E-state index contributed by atoms with van der Waals surface area (Å²) in [5.74, 6) is 0.744. The molecule has 1 N–H and O–H groups in total. The van der Waals surface area contributed by atoms with Crippen LogP contribution in [-0.2, 0) is 17.8 Å². The van der Waals surface area contributed by atoms with Gasteiger partial charge in [0.2, 0.25) is 5.91 Å². The molecular weight excluding hydrogens is 342 g/mol. The predicted molar refractivity (Wildman–Crippen MR) is 105 cm³/mol. The van der Waals surface area contributed by atoms with Crippen molar-refractivity contribution < 1.29 is 9.21 Å². The van der Waals surface area contributed by atoms with Crippen molar-refractivity contribution >= 4 is 16.9 Å². The SMILES string of the molecule is Cc1cc2nc(C)c(=O)n(CCC(=O)N[C@@H](C)Cc3ccco3)c2cc1C. The standard InChI is InChI=1S/C21H25N3O3/c1-13-10-18-19(11-14(13)2)24(21(26)16(4)23-18)8-7-20(25)22-15(3)12-17-6-5-9-27-17/h5-6,9-11,15H,7-8,12H2,1-4H3,(H,22,25)/t15-/m0/s1. The Labute approximate surface area is 158 Å². The number of carbonyl (C=O) groups excluding carboxylic acids is 1. The molecule has 27 heavy (non-hydrogen) atoms. The smallest absolute Gasteiger partial charge is 0.272 e. The van der Waals surface area contributed by atoms with Crippen LogP contribution in [0.5, 0.6) is 0 Å². The van der Waals surface area contributed by atoms with Gasteiger partial charge in [-0.2, -0.15) is 0 Å². The van der Waals surface area contributed by atoms with Crippen molar-refractivity contribution in [1.82, 2.24) is 14.9 Å². The molecule has 0 aliphatic heterocycles. The summed E-state index contributed by atoms with van der Waals surface area (Å²) in [4.78, 5) is 29.3. The average Bonchev–Trinajstić information content (AvgIpc) is 3.10. The minimum Gasteiger partial charge on any atom is -0.469 e.